The molecule has 0 spiro atoms. The molecule has 0 radical (unpaired) electrons. The van der Waals surface area contributed by atoms with Gasteiger partial charge in [0.1, 0.15) is 0 Å². The molecule has 0 saturated carbocycles. The molecule has 2 heteroatoms. The Morgan fingerprint density at radius 3 is 3.00 bits per heavy atom. The van der Waals surface area contributed by atoms with E-state index in [1.807, 2.05) is 12.3 Å². The molecule has 0 aliphatic rings. The molecule has 1 heterocycles. The Morgan fingerprint density at radius 2 is 2.33 bits per heavy atom. The van der Waals surface area contributed by atoms with Crippen molar-refractivity contribution in [3.63, 3.8) is 0 Å². The van der Waals surface area contributed by atoms with Crippen LogP contribution in [0, 0.1) is 0 Å². The van der Waals surface area contributed by atoms with Gasteiger partial charge in [-0.2, -0.15) is 0 Å². The van der Waals surface area contributed by atoms with Gasteiger partial charge < -0.3 is 5.32 Å². The molecule has 2 nitrogen and oxygen atoms in total. The van der Waals surface area contributed by atoms with Crippen LogP contribution in [0.4, 0.5) is 0 Å². The fourth-order valence-electron chi connectivity index (χ4n) is 1.41. The molecule has 0 aromatic carbocycles. The monoisotopic (exact) mass is 204 g/mol. The lowest BCUT2D eigenvalue weighted by Crippen LogP contribution is -2.15. The van der Waals surface area contributed by atoms with Gasteiger partial charge in [-0.15, -0.1) is 0 Å². The predicted molar refractivity (Wildman–Crippen MR) is 65.7 cm³/mol. The Labute approximate surface area is 92.4 Å². The molecule has 1 rings (SSSR count). The average Bonchev–Trinajstić information content (AvgIpc) is 2.30. The van der Waals surface area contributed by atoms with Crippen molar-refractivity contribution in [2.45, 2.75) is 26.7 Å². The maximum atomic E-state index is 4.11. The summed E-state index contributed by atoms with van der Waals surface area (Å²) in [5.74, 6) is 0. The van der Waals surface area contributed by atoms with Crippen LogP contribution in [0.25, 0.3) is 5.57 Å². The van der Waals surface area contributed by atoms with Crippen LogP contribution in [0.1, 0.15) is 32.3 Å². The molecule has 0 fully saturated rings. The fraction of sp³-hybridized carbons (Fsp3) is 0.462. The first-order chi connectivity index (χ1) is 7.34. The van der Waals surface area contributed by atoms with E-state index in [1.54, 1.807) is 6.20 Å². The minimum atomic E-state index is 1.06. The van der Waals surface area contributed by atoms with E-state index in [0.717, 1.165) is 19.5 Å². The van der Waals surface area contributed by atoms with Gasteiger partial charge in [0.05, 0.1) is 0 Å². The summed E-state index contributed by atoms with van der Waals surface area (Å²) in [6.07, 6.45) is 8.26. The first-order valence-electron chi connectivity index (χ1n) is 5.62. The van der Waals surface area contributed by atoms with Crippen LogP contribution < -0.4 is 5.32 Å². The maximum absolute atomic E-state index is 4.11. The van der Waals surface area contributed by atoms with Crippen molar-refractivity contribution in [3.05, 3.63) is 36.2 Å². The fourth-order valence-corrected chi connectivity index (χ4v) is 1.41. The zero-order chi connectivity index (χ0) is 10.9. The van der Waals surface area contributed by atoms with Crippen molar-refractivity contribution >= 4 is 5.57 Å². The van der Waals surface area contributed by atoms with Gasteiger partial charge in [-0.25, -0.2) is 0 Å². The Morgan fingerprint density at radius 1 is 1.47 bits per heavy atom. The van der Waals surface area contributed by atoms with Crippen LogP contribution in [-0.4, -0.2) is 18.1 Å². The molecule has 0 bridgehead atoms. The molecule has 0 atom stereocenters. The first kappa shape index (κ1) is 11.9. The van der Waals surface area contributed by atoms with E-state index >= 15 is 0 Å². The maximum Gasteiger partial charge on any atom is 0.0342 e. The third-order valence-corrected chi connectivity index (χ3v) is 2.32. The molecule has 82 valence electrons. The van der Waals surface area contributed by atoms with Crippen LogP contribution in [0.5, 0.6) is 0 Å². The number of allylic oxidation sites excluding steroid dienone is 1. The standard InChI is InChI=1S/C13H20N2/c1-3-8-14-9-4-6-12(2)13-7-5-10-15-11-13/h5-7,10-11,14H,3-4,8-9H2,1-2H3. The summed E-state index contributed by atoms with van der Waals surface area (Å²) in [6, 6.07) is 4.07. The van der Waals surface area contributed by atoms with E-state index in [4.69, 9.17) is 0 Å². The lowest BCUT2D eigenvalue weighted by Gasteiger charge is -2.02. The topological polar surface area (TPSA) is 24.9 Å². The quantitative estimate of drug-likeness (QED) is 0.721. The zero-order valence-corrected chi connectivity index (χ0v) is 9.66. The first-order valence-corrected chi connectivity index (χ1v) is 5.62. The Kier molecular flexibility index (Phi) is 5.71. The van der Waals surface area contributed by atoms with E-state index in [0.29, 0.717) is 0 Å². The minimum Gasteiger partial charge on any atom is -0.316 e. The molecule has 0 amide bonds. The molecule has 0 unspecified atom stereocenters. The third kappa shape index (κ3) is 4.75. The number of nitrogens with one attached hydrogen (secondary N) is 1. The van der Waals surface area contributed by atoms with Crippen LogP contribution >= 0.6 is 0 Å². The van der Waals surface area contributed by atoms with Crippen molar-refractivity contribution in [1.29, 1.82) is 0 Å². The SMILES string of the molecule is CCCNCCC=C(C)c1cccnc1. The highest BCUT2D eigenvalue weighted by atomic mass is 14.8. The lowest BCUT2D eigenvalue weighted by molar-refractivity contribution is 0.678. The number of pyridine rings is 1. The molecule has 0 aliphatic heterocycles. The van der Waals surface area contributed by atoms with Crippen LogP contribution in [0.15, 0.2) is 30.6 Å². The van der Waals surface area contributed by atoms with Gasteiger partial charge in [0.15, 0.2) is 0 Å². The second-order valence-electron chi connectivity index (χ2n) is 3.67. The Balaban J connectivity index is 2.33. The highest BCUT2D eigenvalue weighted by Gasteiger charge is 1.93. The summed E-state index contributed by atoms with van der Waals surface area (Å²) < 4.78 is 0. The molecule has 0 saturated heterocycles. The highest BCUT2D eigenvalue weighted by molar-refractivity contribution is 5.62. The van der Waals surface area contributed by atoms with Gasteiger partial charge >= 0.3 is 0 Å². The van der Waals surface area contributed by atoms with Gasteiger partial charge in [0.25, 0.3) is 0 Å². The largest absolute Gasteiger partial charge is 0.316 e. The normalized spacial score (nSPS) is 11.7. The van der Waals surface area contributed by atoms with Crippen LogP contribution in [0.2, 0.25) is 0 Å². The van der Waals surface area contributed by atoms with Crippen molar-refractivity contribution in [1.82, 2.24) is 10.3 Å². The van der Waals surface area contributed by atoms with E-state index in [9.17, 15) is 0 Å². The number of nitrogens with zero attached hydrogens (tertiary/aromatic N) is 1. The Bertz CT molecular complexity index is 291. The van der Waals surface area contributed by atoms with Gasteiger partial charge in [-0.3, -0.25) is 4.98 Å². The van der Waals surface area contributed by atoms with Gasteiger partial charge in [0, 0.05) is 12.4 Å². The molecule has 1 aromatic rings. The number of hydrogen-bond acceptors (Lipinski definition) is 2. The van der Waals surface area contributed by atoms with Crippen LogP contribution in [-0.2, 0) is 0 Å². The summed E-state index contributed by atoms with van der Waals surface area (Å²) in [7, 11) is 0. The van der Waals surface area contributed by atoms with E-state index in [2.05, 4.69) is 36.3 Å². The summed E-state index contributed by atoms with van der Waals surface area (Å²) in [5.41, 5.74) is 2.52. The van der Waals surface area contributed by atoms with Crippen molar-refractivity contribution in [3.8, 4) is 0 Å². The number of aromatic nitrogens is 1. The van der Waals surface area contributed by atoms with Gasteiger partial charge in [-0.1, -0.05) is 19.1 Å². The van der Waals surface area contributed by atoms with Crippen LogP contribution in [0.3, 0.4) is 0 Å². The minimum absolute atomic E-state index is 1.06. The average molecular weight is 204 g/mol. The number of hydrogen-bond donors (Lipinski definition) is 1. The molecular formula is C13H20N2. The third-order valence-electron chi connectivity index (χ3n) is 2.32. The Hall–Kier alpha value is -1.15. The molecular weight excluding hydrogens is 184 g/mol. The van der Waals surface area contributed by atoms with Crippen molar-refractivity contribution < 1.29 is 0 Å². The highest BCUT2D eigenvalue weighted by Crippen LogP contribution is 2.11. The molecule has 15 heavy (non-hydrogen) atoms. The molecule has 1 N–H and O–H groups in total. The summed E-state index contributed by atoms with van der Waals surface area (Å²) in [5, 5.41) is 3.38. The predicted octanol–water partition coefficient (Wildman–Crippen LogP) is 2.87. The van der Waals surface area contributed by atoms with Crippen molar-refractivity contribution in [2.24, 2.45) is 0 Å². The summed E-state index contributed by atoms with van der Waals surface area (Å²) in [4.78, 5) is 4.11. The van der Waals surface area contributed by atoms with E-state index < -0.39 is 0 Å². The second kappa shape index (κ2) is 7.18. The second-order valence-corrected chi connectivity index (χ2v) is 3.67. The lowest BCUT2D eigenvalue weighted by atomic mass is 10.1. The van der Waals surface area contributed by atoms with Gasteiger partial charge in [0.2, 0.25) is 0 Å². The molecule has 0 aliphatic carbocycles. The van der Waals surface area contributed by atoms with Gasteiger partial charge in [-0.05, 0) is 50.1 Å². The number of rotatable bonds is 6. The smallest absolute Gasteiger partial charge is 0.0342 e. The summed E-state index contributed by atoms with van der Waals surface area (Å²) >= 11 is 0. The van der Waals surface area contributed by atoms with E-state index in [-0.39, 0.29) is 0 Å². The van der Waals surface area contributed by atoms with Crippen molar-refractivity contribution in [2.75, 3.05) is 13.1 Å². The molecule has 1 aromatic heterocycles. The zero-order valence-electron chi connectivity index (χ0n) is 9.66. The summed E-state index contributed by atoms with van der Waals surface area (Å²) in [6.45, 7) is 6.49. The van der Waals surface area contributed by atoms with E-state index in [1.165, 1.54) is 17.6 Å².